The van der Waals surface area contributed by atoms with Crippen molar-refractivity contribution >= 4 is 49.8 Å². The maximum atomic E-state index is 6.08. The van der Waals surface area contributed by atoms with Crippen LogP contribution in [0.5, 0.6) is 0 Å². The Morgan fingerprint density at radius 1 is 0.351 bits per heavy atom. The molecular formula is C55H39NO. The number of para-hydroxylation sites is 1. The van der Waals surface area contributed by atoms with Gasteiger partial charge in [-0.1, -0.05) is 153 Å². The predicted molar refractivity (Wildman–Crippen MR) is 240 cm³/mol. The van der Waals surface area contributed by atoms with E-state index >= 15 is 0 Å². The largest absolute Gasteiger partial charge is 0.456 e. The number of hydrogen-bond donors (Lipinski definition) is 0. The molecule has 0 bridgehead atoms. The van der Waals surface area contributed by atoms with E-state index in [0.29, 0.717) is 0 Å². The van der Waals surface area contributed by atoms with Gasteiger partial charge in [0.15, 0.2) is 0 Å². The molecule has 2 nitrogen and oxygen atoms in total. The van der Waals surface area contributed by atoms with Crippen molar-refractivity contribution in [1.82, 2.24) is 0 Å². The predicted octanol–water partition coefficient (Wildman–Crippen LogP) is 15.5. The molecule has 0 saturated carbocycles. The van der Waals surface area contributed by atoms with Crippen molar-refractivity contribution in [2.75, 3.05) is 4.90 Å². The van der Waals surface area contributed by atoms with Crippen molar-refractivity contribution in [2.24, 2.45) is 0 Å². The van der Waals surface area contributed by atoms with E-state index in [-0.39, 0.29) is 5.41 Å². The molecule has 1 aliphatic carbocycles. The molecule has 0 radical (unpaired) electrons. The molecular weight excluding hydrogens is 691 g/mol. The maximum Gasteiger partial charge on any atom is 0.135 e. The van der Waals surface area contributed by atoms with E-state index in [0.717, 1.165) is 39.0 Å². The molecule has 2 heteroatoms. The second-order valence-electron chi connectivity index (χ2n) is 15.8. The molecule has 11 rings (SSSR count). The van der Waals surface area contributed by atoms with E-state index < -0.39 is 0 Å². The van der Waals surface area contributed by atoms with Gasteiger partial charge in [-0.25, -0.2) is 0 Å². The van der Waals surface area contributed by atoms with E-state index in [9.17, 15) is 0 Å². The first-order chi connectivity index (χ1) is 28.0. The third-order valence-corrected chi connectivity index (χ3v) is 12.1. The standard InChI is InChI=1S/C55H39NO/c1-55(2)51-34-43(36-10-4-3-5-11-36)23-29-47(51)48-30-28-46(35-52(48)55)56(45-27-22-37-12-6-7-13-41(37)32-45)44-25-20-39(21-26-44)38-16-18-40(19-17-38)42-24-31-54-50(33-42)49-14-8-9-15-53(49)57-54/h3-35H,1-2H3. The summed E-state index contributed by atoms with van der Waals surface area (Å²) in [7, 11) is 0. The van der Waals surface area contributed by atoms with Gasteiger partial charge in [0.2, 0.25) is 0 Å². The first kappa shape index (κ1) is 33.2. The highest BCUT2D eigenvalue weighted by Crippen LogP contribution is 2.52. The normalized spacial score (nSPS) is 12.9. The molecule has 270 valence electrons. The Bertz CT molecular complexity index is 3130. The zero-order chi connectivity index (χ0) is 38.1. The Hall–Kier alpha value is -7.16. The summed E-state index contributed by atoms with van der Waals surface area (Å²) in [5.41, 5.74) is 17.7. The van der Waals surface area contributed by atoms with Crippen molar-refractivity contribution in [1.29, 1.82) is 0 Å². The van der Waals surface area contributed by atoms with Gasteiger partial charge < -0.3 is 9.32 Å². The highest BCUT2D eigenvalue weighted by Gasteiger charge is 2.36. The number of rotatable bonds is 6. The molecule has 1 heterocycles. The van der Waals surface area contributed by atoms with Crippen LogP contribution in [0.1, 0.15) is 25.0 Å². The Labute approximate surface area is 332 Å². The highest BCUT2D eigenvalue weighted by molar-refractivity contribution is 6.06. The van der Waals surface area contributed by atoms with Gasteiger partial charge in [0, 0.05) is 33.2 Å². The topological polar surface area (TPSA) is 16.4 Å². The van der Waals surface area contributed by atoms with Crippen LogP contribution in [0.25, 0.3) is 77.2 Å². The van der Waals surface area contributed by atoms with Crippen molar-refractivity contribution in [3.63, 3.8) is 0 Å². The third-order valence-electron chi connectivity index (χ3n) is 12.1. The summed E-state index contributed by atoms with van der Waals surface area (Å²) in [5.74, 6) is 0. The molecule has 0 aliphatic heterocycles. The average molecular weight is 730 g/mol. The molecule has 0 fully saturated rings. The first-order valence-corrected chi connectivity index (χ1v) is 19.7. The van der Waals surface area contributed by atoms with Crippen molar-refractivity contribution in [3.05, 3.63) is 211 Å². The van der Waals surface area contributed by atoms with Gasteiger partial charge in [-0.05, 0) is 127 Å². The quantitative estimate of drug-likeness (QED) is 0.169. The Morgan fingerprint density at radius 3 is 1.65 bits per heavy atom. The van der Waals surface area contributed by atoms with E-state index in [1.807, 2.05) is 12.1 Å². The maximum absolute atomic E-state index is 6.08. The lowest BCUT2D eigenvalue weighted by Crippen LogP contribution is -2.16. The zero-order valence-electron chi connectivity index (χ0n) is 31.9. The second kappa shape index (κ2) is 13.0. The van der Waals surface area contributed by atoms with Crippen LogP contribution >= 0.6 is 0 Å². The van der Waals surface area contributed by atoms with Gasteiger partial charge in [-0.15, -0.1) is 0 Å². The fraction of sp³-hybridized carbons (Fsp3) is 0.0545. The second-order valence-corrected chi connectivity index (χ2v) is 15.8. The van der Waals surface area contributed by atoms with E-state index in [2.05, 4.69) is 207 Å². The Balaban J connectivity index is 0.950. The highest BCUT2D eigenvalue weighted by atomic mass is 16.3. The van der Waals surface area contributed by atoms with Crippen LogP contribution < -0.4 is 4.90 Å². The number of fused-ring (bicyclic) bond motifs is 7. The van der Waals surface area contributed by atoms with Crippen LogP contribution in [0.2, 0.25) is 0 Å². The number of hydrogen-bond acceptors (Lipinski definition) is 2. The number of anilines is 3. The zero-order valence-corrected chi connectivity index (χ0v) is 31.9. The van der Waals surface area contributed by atoms with Crippen molar-refractivity contribution in [2.45, 2.75) is 19.3 Å². The fourth-order valence-corrected chi connectivity index (χ4v) is 9.00. The minimum atomic E-state index is -0.158. The molecule has 57 heavy (non-hydrogen) atoms. The monoisotopic (exact) mass is 729 g/mol. The lowest BCUT2D eigenvalue weighted by atomic mass is 9.81. The SMILES string of the molecule is CC1(C)c2cc(-c3ccccc3)ccc2-c2ccc(N(c3ccc(-c4ccc(-c5ccc6oc7ccccc7c6c5)cc4)cc3)c3ccc4ccccc4c3)cc21. The van der Waals surface area contributed by atoms with Crippen LogP contribution in [0.3, 0.4) is 0 Å². The lowest BCUT2D eigenvalue weighted by molar-refractivity contribution is 0.660. The van der Waals surface area contributed by atoms with Crippen LogP contribution in [0, 0.1) is 0 Å². The first-order valence-electron chi connectivity index (χ1n) is 19.7. The third kappa shape index (κ3) is 5.56. The molecule has 0 amide bonds. The number of furan rings is 1. The van der Waals surface area contributed by atoms with Gasteiger partial charge >= 0.3 is 0 Å². The minimum absolute atomic E-state index is 0.158. The molecule has 10 aromatic rings. The molecule has 1 aromatic heterocycles. The average Bonchev–Trinajstić information content (AvgIpc) is 3.75. The molecule has 0 spiro atoms. The van der Waals surface area contributed by atoms with Gasteiger partial charge in [0.1, 0.15) is 11.2 Å². The van der Waals surface area contributed by atoms with Gasteiger partial charge in [0.25, 0.3) is 0 Å². The molecule has 0 N–H and O–H groups in total. The summed E-state index contributed by atoms with van der Waals surface area (Å²) in [6, 6.07) is 72.8. The van der Waals surface area contributed by atoms with Crippen LogP contribution in [0.4, 0.5) is 17.1 Å². The fourth-order valence-electron chi connectivity index (χ4n) is 9.00. The number of nitrogens with zero attached hydrogens (tertiary/aromatic N) is 1. The minimum Gasteiger partial charge on any atom is -0.456 e. The summed E-state index contributed by atoms with van der Waals surface area (Å²) in [6.45, 7) is 4.74. The van der Waals surface area contributed by atoms with Crippen molar-refractivity contribution in [3.8, 4) is 44.5 Å². The van der Waals surface area contributed by atoms with Gasteiger partial charge in [-0.3, -0.25) is 0 Å². The molecule has 9 aromatic carbocycles. The Kier molecular flexibility index (Phi) is 7.55. The van der Waals surface area contributed by atoms with E-state index in [1.165, 1.54) is 66.4 Å². The Morgan fingerprint density at radius 2 is 0.860 bits per heavy atom. The smallest absolute Gasteiger partial charge is 0.135 e. The summed E-state index contributed by atoms with van der Waals surface area (Å²) in [6.07, 6.45) is 0. The number of benzene rings is 9. The van der Waals surface area contributed by atoms with Gasteiger partial charge in [0.05, 0.1) is 0 Å². The molecule has 0 unspecified atom stereocenters. The lowest BCUT2D eigenvalue weighted by Gasteiger charge is -2.28. The molecule has 0 atom stereocenters. The summed E-state index contributed by atoms with van der Waals surface area (Å²) >= 11 is 0. The van der Waals surface area contributed by atoms with Crippen LogP contribution in [0.15, 0.2) is 205 Å². The van der Waals surface area contributed by atoms with Gasteiger partial charge in [-0.2, -0.15) is 0 Å². The van der Waals surface area contributed by atoms with E-state index in [4.69, 9.17) is 4.42 Å². The van der Waals surface area contributed by atoms with E-state index in [1.54, 1.807) is 0 Å². The summed E-state index contributed by atoms with van der Waals surface area (Å²) in [4.78, 5) is 2.41. The summed E-state index contributed by atoms with van der Waals surface area (Å²) in [5, 5.41) is 4.75. The summed E-state index contributed by atoms with van der Waals surface area (Å²) < 4.78 is 6.08. The molecule has 0 saturated heterocycles. The van der Waals surface area contributed by atoms with Crippen molar-refractivity contribution < 1.29 is 4.42 Å². The van der Waals surface area contributed by atoms with Crippen LogP contribution in [-0.2, 0) is 5.41 Å². The van der Waals surface area contributed by atoms with Crippen LogP contribution in [-0.4, -0.2) is 0 Å². The molecule has 1 aliphatic rings.